The van der Waals surface area contributed by atoms with Crippen molar-refractivity contribution in [3.05, 3.63) is 12.2 Å². The molecule has 0 rings (SSSR count). The summed E-state index contributed by atoms with van der Waals surface area (Å²) in [5.74, 6) is -2.80. The minimum absolute atomic E-state index is 0. The van der Waals surface area contributed by atoms with Crippen LogP contribution >= 0.6 is 12.2 Å². The average molecular weight is 214 g/mol. The van der Waals surface area contributed by atoms with Crippen molar-refractivity contribution in [3.8, 4) is 0 Å². The third kappa shape index (κ3) is 52.3. The van der Waals surface area contributed by atoms with Gasteiger partial charge < -0.3 is 26.5 Å². The van der Waals surface area contributed by atoms with Crippen molar-refractivity contribution in [3.63, 3.8) is 0 Å². The zero-order valence-electron chi connectivity index (χ0n) is 6.89. The molecule has 0 spiro atoms. The van der Waals surface area contributed by atoms with Crippen LogP contribution in [0.15, 0.2) is 12.2 Å². The van der Waals surface area contributed by atoms with Gasteiger partial charge >= 0.3 is 35.5 Å². The molecule has 5 N–H and O–H groups in total. The first-order valence-electron chi connectivity index (χ1n) is 2.53. The van der Waals surface area contributed by atoms with E-state index in [1.807, 2.05) is 0 Å². The van der Waals surface area contributed by atoms with Gasteiger partial charge in [-0.3, -0.25) is 0 Å². The van der Waals surface area contributed by atoms with Gasteiger partial charge in [-0.25, -0.2) is 4.79 Å². The van der Waals surface area contributed by atoms with Crippen LogP contribution in [0.1, 0.15) is 0 Å². The molecule has 0 amide bonds. The fraction of sp³-hybridized carbons (Fsp3) is 0. The van der Waals surface area contributed by atoms with Crippen LogP contribution in [0.5, 0.6) is 0 Å². The number of hydrogen-bond donors (Lipinski definition) is 3. The Morgan fingerprint density at radius 3 is 1.69 bits per heavy atom. The Labute approximate surface area is 102 Å². The maximum absolute atomic E-state index is 9.53. The van der Waals surface area contributed by atoms with Crippen LogP contribution in [0.25, 0.3) is 0 Å². The van der Waals surface area contributed by atoms with Gasteiger partial charge in [0.25, 0.3) is 0 Å². The van der Waals surface area contributed by atoms with Crippen molar-refractivity contribution in [2.75, 3.05) is 0 Å². The number of carboxylic acid groups (broad SMARTS) is 2. The summed E-state index contributed by atoms with van der Waals surface area (Å²) >= 11 is 4.09. The second-order valence-corrected chi connectivity index (χ2v) is 1.86. The molecule has 0 aliphatic carbocycles. The molecule has 0 saturated carbocycles. The van der Waals surface area contributed by atoms with Gasteiger partial charge in [0.2, 0.25) is 0 Å². The van der Waals surface area contributed by atoms with E-state index in [0.717, 1.165) is 0 Å². The summed E-state index contributed by atoms with van der Waals surface area (Å²) in [6.45, 7) is 0. The van der Waals surface area contributed by atoms with E-state index in [-0.39, 0.29) is 34.7 Å². The third-order valence-electron chi connectivity index (χ3n) is 0.362. The molecule has 68 valence electrons. The Morgan fingerprint density at radius 1 is 1.31 bits per heavy atom. The summed E-state index contributed by atoms with van der Waals surface area (Å²) < 4.78 is 0. The van der Waals surface area contributed by atoms with E-state index in [1.54, 1.807) is 0 Å². The van der Waals surface area contributed by atoms with Gasteiger partial charge in [0, 0.05) is 6.08 Å². The number of aliphatic carboxylic acids is 2. The van der Waals surface area contributed by atoms with Gasteiger partial charge in [-0.1, -0.05) is 0 Å². The number of rotatable bonds is 2. The van der Waals surface area contributed by atoms with E-state index in [1.165, 1.54) is 0 Å². The van der Waals surface area contributed by atoms with E-state index in [2.05, 4.69) is 23.7 Å². The molecular formula is C5H7N2NaO4S. The van der Waals surface area contributed by atoms with Gasteiger partial charge in [-0.2, -0.15) is 0 Å². The Balaban J connectivity index is -0.000000173. The maximum Gasteiger partial charge on any atom is 1.00 e. The van der Waals surface area contributed by atoms with Crippen LogP contribution in [0.4, 0.5) is 0 Å². The van der Waals surface area contributed by atoms with Crippen LogP contribution < -0.4 is 46.1 Å². The third-order valence-corrected chi connectivity index (χ3v) is 0.362. The number of nitrogens with two attached hydrogens (primary N) is 2. The minimum atomic E-state index is -1.51. The minimum Gasteiger partial charge on any atom is -0.545 e. The zero-order valence-corrected chi connectivity index (χ0v) is 9.71. The van der Waals surface area contributed by atoms with Gasteiger partial charge in [0.05, 0.1) is 5.97 Å². The van der Waals surface area contributed by atoms with Crippen molar-refractivity contribution < 1.29 is 49.4 Å². The van der Waals surface area contributed by atoms with Gasteiger partial charge in [0.15, 0.2) is 5.11 Å². The number of thiocarbonyl (C=S) groups is 1. The zero-order chi connectivity index (χ0) is 10.1. The molecule has 13 heavy (non-hydrogen) atoms. The largest absolute Gasteiger partial charge is 1.00 e. The Bertz CT molecular complexity index is 199. The predicted octanol–water partition coefficient (Wildman–Crippen LogP) is -5.43. The number of carbonyl (C=O) groups excluding carboxylic acids is 1. The summed E-state index contributed by atoms with van der Waals surface area (Å²) in [6, 6.07) is 0. The molecule has 8 heteroatoms. The molecule has 0 aromatic heterocycles. The quantitative estimate of drug-likeness (QED) is 0.237. The van der Waals surface area contributed by atoms with Gasteiger partial charge in [0.1, 0.15) is 0 Å². The van der Waals surface area contributed by atoms with Gasteiger partial charge in [-0.15, -0.1) is 0 Å². The molecule has 0 bridgehead atoms. The van der Waals surface area contributed by atoms with Crippen molar-refractivity contribution in [2.45, 2.75) is 0 Å². The Morgan fingerprint density at radius 2 is 1.62 bits per heavy atom. The topological polar surface area (TPSA) is 129 Å². The second-order valence-electron chi connectivity index (χ2n) is 1.39. The van der Waals surface area contributed by atoms with E-state index in [0.29, 0.717) is 12.2 Å². The van der Waals surface area contributed by atoms with Crippen LogP contribution in [0.3, 0.4) is 0 Å². The molecule has 0 heterocycles. The van der Waals surface area contributed by atoms with E-state index in [9.17, 15) is 14.7 Å². The summed E-state index contributed by atoms with van der Waals surface area (Å²) in [7, 11) is 0. The molecule has 0 unspecified atom stereocenters. The molecular weight excluding hydrogens is 207 g/mol. The number of hydrogen-bond acceptors (Lipinski definition) is 4. The summed E-state index contributed by atoms with van der Waals surface area (Å²) in [4.78, 5) is 19.0. The molecule has 0 fully saturated rings. The molecule has 0 aromatic carbocycles. The van der Waals surface area contributed by atoms with Crippen molar-refractivity contribution >= 4 is 29.3 Å². The van der Waals surface area contributed by atoms with Crippen LogP contribution in [-0.2, 0) is 9.59 Å². The molecule has 0 aliphatic rings. The number of carbonyl (C=O) groups is 2. The molecule has 0 radical (unpaired) electrons. The monoisotopic (exact) mass is 214 g/mol. The van der Waals surface area contributed by atoms with Crippen molar-refractivity contribution in [1.29, 1.82) is 0 Å². The predicted molar refractivity (Wildman–Crippen MR) is 42.8 cm³/mol. The fourth-order valence-corrected chi connectivity index (χ4v) is 0.139. The fourth-order valence-electron chi connectivity index (χ4n) is 0.139. The molecule has 0 aliphatic heterocycles. The standard InChI is InChI=1S/C4H4O4.CH4N2S.Na/c5-3(6)1-2-4(7)8;2-1(3)4;/h1-2H,(H,5,6)(H,7,8);(H4,2,3,4);/q;;+1/p-1/b2-1-;;. The van der Waals surface area contributed by atoms with E-state index >= 15 is 0 Å². The van der Waals surface area contributed by atoms with Crippen LogP contribution in [-0.4, -0.2) is 22.2 Å². The Kier molecular flexibility index (Phi) is 15.9. The normalized spacial score (nSPS) is 7.69. The summed E-state index contributed by atoms with van der Waals surface area (Å²) in [5, 5.41) is 17.2. The van der Waals surface area contributed by atoms with Crippen LogP contribution in [0.2, 0.25) is 0 Å². The molecule has 0 aromatic rings. The maximum atomic E-state index is 9.53. The molecule has 0 atom stereocenters. The first kappa shape index (κ1) is 18.2. The molecule has 0 saturated heterocycles. The van der Waals surface area contributed by atoms with Crippen molar-refractivity contribution in [2.24, 2.45) is 11.5 Å². The first-order valence-corrected chi connectivity index (χ1v) is 2.94. The van der Waals surface area contributed by atoms with Crippen molar-refractivity contribution in [1.82, 2.24) is 0 Å². The smallest absolute Gasteiger partial charge is 0.545 e. The van der Waals surface area contributed by atoms with Crippen LogP contribution in [0, 0.1) is 0 Å². The first-order chi connectivity index (χ1) is 5.36. The van der Waals surface area contributed by atoms with E-state index in [4.69, 9.17) is 5.11 Å². The summed E-state index contributed by atoms with van der Waals surface area (Å²) in [5.41, 5.74) is 9.24. The molecule has 6 nitrogen and oxygen atoms in total. The number of carboxylic acids is 2. The average Bonchev–Trinajstić information content (AvgIpc) is 1.82. The van der Waals surface area contributed by atoms with E-state index < -0.39 is 11.9 Å². The summed E-state index contributed by atoms with van der Waals surface area (Å²) in [6.07, 6.45) is 0.942. The van der Waals surface area contributed by atoms with Gasteiger partial charge in [-0.05, 0) is 18.3 Å². The second kappa shape index (κ2) is 11.4. The SMILES string of the molecule is NC(N)=S.O=C([O-])/C=C\C(=O)O.[Na+]. The Hall–Kier alpha value is -0.630.